The maximum absolute atomic E-state index is 12.3. The summed E-state index contributed by atoms with van der Waals surface area (Å²) in [7, 11) is 3.25. The summed E-state index contributed by atoms with van der Waals surface area (Å²) < 4.78 is 4.66. The van der Waals surface area contributed by atoms with Crippen LogP contribution in [0.25, 0.3) is 10.8 Å². The second kappa shape index (κ2) is 8.47. The molecule has 0 heterocycles. The van der Waals surface area contributed by atoms with E-state index in [4.69, 9.17) is 0 Å². The lowest BCUT2D eigenvalue weighted by Gasteiger charge is -2.17. The zero-order chi connectivity index (χ0) is 19.2. The number of esters is 1. The Morgan fingerprint density at radius 1 is 0.963 bits per heavy atom. The predicted molar refractivity (Wildman–Crippen MR) is 107 cm³/mol. The maximum atomic E-state index is 12.3. The van der Waals surface area contributed by atoms with Crippen molar-refractivity contribution in [3.05, 3.63) is 77.9 Å². The molecule has 3 aromatic carbocycles. The summed E-state index contributed by atoms with van der Waals surface area (Å²) in [5.74, 6) is -0.507. The van der Waals surface area contributed by atoms with Crippen molar-refractivity contribution in [1.82, 2.24) is 4.90 Å². The van der Waals surface area contributed by atoms with E-state index < -0.39 is 5.97 Å². The Bertz CT molecular complexity index is 951. The molecular formula is C22H22N2O3. The van der Waals surface area contributed by atoms with E-state index in [1.54, 1.807) is 24.3 Å². The summed E-state index contributed by atoms with van der Waals surface area (Å²) >= 11 is 0. The molecule has 3 aromatic rings. The smallest absolute Gasteiger partial charge is 0.337 e. The summed E-state index contributed by atoms with van der Waals surface area (Å²) in [6.07, 6.45) is 0. The molecule has 0 aliphatic carbocycles. The van der Waals surface area contributed by atoms with Gasteiger partial charge in [0.05, 0.1) is 19.2 Å². The molecule has 5 nitrogen and oxygen atoms in total. The standard InChI is InChI=1S/C22H22N2O3/c1-24(14-16-7-8-17-5-3-4-6-19(17)13-16)15-21(25)23-20-11-9-18(10-12-20)22(26)27-2/h3-13H,14-15H2,1-2H3,(H,23,25). The Kier molecular flexibility index (Phi) is 5.84. The van der Waals surface area contributed by atoms with E-state index in [0.717, 1.165) is 5.56 Å². The van der Waals surface area contributed by atoms with E-state index in [1.807, 2.05) is 24.1 Å². The predicted octanol–water partition coefficient (Wildman–Crippen LogP) is 3.70. The fourth-order valence-electron chi connectivity index (χ4n) is 2.96. The summed E-state index contributed by atoms with van der Waals surface area (Å²) in [5.41, 5.74) is 2.25. The van der Waals surface area contributed by atoms with Crippen LogP contribution in [0, 0.1) is 0 Å². The van der Waals surface area contributed by atoms with Crippen LogP contribution < -0.4 is 5.32 Å². The number of carbonyl (C=O) groups excluding carboxylic acids is 2. The van der Waals surface area contributed by atoms with Gasteiger partial charge in [-0.1, -0.05) is 36.4 Å². The number of anilines is 1. The third kappa shape index (κ3) is 4.92. The topological polar surface area (TPSA) is 58.6 Å². The Labute approximate surface area is 158 Å². The van der Waals surface area contributed by atoms with E-state index >= 15 is 0 Å². The Morgan fingerprint density at radius 3 is 2.37 bits per heavy atom. The van der Waals surface area contributed by atoms with Gasteiger partial charge in [0, 0.05) is 12.2 Å². The highest BCUT2D eigenvalue weighted by Gasteiger charge is 2.09. The van der Waals surface area contributed by atoms with Crippen LogP contribution in [0.4, 0.5) is 5.69 Å². The molecule has 3 rings (SSSR count). The van der Waals surface area contributed by atoms with Gasteiger partial charge in [0.25, 0.3) is 0 Å². The Hall–Kier alpha value is -3.18. The van der Waals surface area contributed by atoms with Gasteiger partial charge < -0.3 is 10.1 Å². The van der Waals surface area contributed by atoms with Gasteiger partial charge >= 0.3 is 5.97 Å². The minimum Gasteiger partial charge on any atom is -0.465 e. The molecule has 1 amide bonds. The molecular weight excluding hydrogens is 340 g/mol. The van der Waals surface area contributed by atoms with Crippen molar-refractivity contribution in [2.45, 2.75) is 6.54 Å². The number of nitrogens with one attached hydrogen (secondary N) is 1. The van der Waals surface area contributed by atoms with Crippen LogP contribution in [0.1, 0.15) is 15.9 Å². The molecule has 138 valence electrons. The maximum Gasteiger partial charge on any atom is 0.337 e. The number of hydrogen-bond donors (Lipinski definition) is 1. The van der Waals surface area contributed by atoms with Gasteiger partial charge in [-0.25, -0.2) is 4.79 Å². The van der Waals surface area contributed by atoms with E-state index in [0.29, 0.717) is 17.8 Å². The SMILES string of the molecule is COC(=O)c1ccc(NC(=O)CN(C)Cc2ccc3ccccc3c2)cc1. The fraction of sp³-hybridized carbons (Fsp3) is 0.182. The van der Waals surface area contributed by atoms with Crippen molar-refractivity contribution >= 4 is 28.3 Å². The van der Waals surface area contributed by atoms with Gasteiger partial charge in [-0.05, 0) is 53.7 Å². The molecule has 5 heteroatoms. The number of carbonyl (C=O) groups is 2. The van der Waals surface area contributed by atoms with Gasteiger partial charge in [0.1, 0.15) is 0 Å². The fourth-order valence-corrected chi connectivity index (χ4v) is 2.96. The molecule has 0 spiro atoms. The van der Waals surface area contributed by atoms with E-state index in [2.05, 4.69) is 40.4 Å². The molecule has 0 aliphatic rings. The second-order valence-electron chi connectivity index (χ2n) is 6.47. The quantitative estimate of drug-likeness (QED) is 0.680. The average molecular weight is 362 g/mol. The van der Waals surface area contributed by atoms with Crippen molar-refractivity contribution < 1.29 is 14.3 Å². The molecule has 0 radical (unpaired) electrons. The lowest BCUT2D eigenvalue weighted by Crippen LogP contribution is -2.29. The minimum absolute atomic E-state index is 0.107. The molecule has 0 aromatic heterocycles. The number of likely N-dealkylation sites (N-methyl/N-ethyl adjacent to an activating group) is 1. The minimum atomic E-state index is -0.400. The highest BCUT2D eigenvalue weighted by atomic mass is 16.5. The molecule has 27 heavy (non-hydrogen) atoms. The number of methoxy groups -OCH3 is 1. The highest BCUT2D eigenvalue weighted by molar-refractivity contribution is 5.94. The van der Waals surface area contributed by atoms with E-state index in [-0.39, 0.29) is 12.5 Å². The number of rotatable bonds is 6. The monoisotopic (exact) mass is 362 g/mol. The van der Waals surface area contributed by atoms with Gasteiger partial charge in [0.2, 0.25) is 5.91 Å². The number of fused-ring (bicyclic) bond motifs is 1. The Morgan fingerprint density at radius 2 is 1.67 bits per heavy atom. The summed E-state index contributed by atoms with van der Waals surface area (Å²) in [4.78, 5) is 25.6. The molecule has 1 N–H and O–H groups in total. The molecule has 0 saturated heterocycles. The van der Waals surface area contributed by atoms with Crippen LogP contribution in [0.15, 0.2) is 66.7 Å². The molecule has 0 atom stereocenters. The largest absolute Gasteiger partial charge is 0.465 e. The number of amides is 1. The molecule has 0 bridgehead atoms. The number of ether oxygens (including phenoxy) is 1. The summed E-state index contributed by atoms with van der Waals surface area (Å²) in [6.45, 7) is 0.950. The van der Waals surface area contributed by atoms with Gasteiger partial charge in [-0.3, -0.25) is 9.69 Å². The molecule has 0 fully saturated rings. The lowest BCUT2D eigenvalue weighted by molar-refractivity contribution is -0.117. The average Bonchev–Trinajstić information content (AvgIpc) is 2.67. The second-order valence-corrected chi connectivity index (χ2v) is 6.47. The normalized spacial score (nSPS) is 10.8. The van der Waals surface area contributed by atoms with Crippen molar-refractivity contribution in [1.29, 1.82) is 0 Å². The zero-order valence-electron chi connectivity index (χ0n) is 15.4. The van der Waals surface area contributed by atoms with E-state index in [9.17, 15) is 9.59 Å². The van der Waals surface area contributed by atoms with Gasteiger partial charge in [-0.15, -0.1) is 0 Å². The zero-order valence-corrected chi connectivity index (χ0v) is 15.4. The van der Waals surface area contributed by atoms with Crippen LogP contribution in [0.5, 0.6) is 0 Å². The van der Waals surface area contributed by atoms with Crippen molar-refractivity contribution in [2.24, 2.45) is 0 Å². The third-order valence-electron chi connectivity index (χ3n) is 4.27. The van der Waals surface area contributed by atoms with Crippen LogP contribution in [0.3, 0.4) is 0 Å². The molecule has 0 aliphatic heterocycles. The van der Waals surface area contributed by atoms with Gasteiger partial charge in [-0.2, -0.15) is 0 Å². The van der Waals surface area contributed by atoms with Crippen molar-refractivity contribution in [2.75, 3.05) is 26.0 Å². The molecule has 0 unspecified atom stereocenters. The molecule has 0 saturated carbocycles. The Balaban J connectivity index is 1.55. The summed E-state index contributed by atoms with van der Waals surface area (Å²) in [5, 5.41) is 5.24. The first-order valence-electron chi connectivity index (χ1n) is 8.69. The van der Waals surface area contributed by atoms with Crippen LogP contribution in [-0.2, 0) is 16.1 Å². The number of benzene rings is 3. The van der Waals surface area contributed by atoms with Crippen LogP contribution >= 0.6 is 0 Å². The van der Waals surface area contributed by atoms with E-state index in [1.165, 1.54) is 17.9 Å². The van der Waals surface area contributed by atoms with Crippen molar-refractivity contribution in [3.63, 3.8) is 0 Å². The first-order chi connectivity index (χ1) is 13.0. The van der Waals surface area contributed by atoms with Gasteiger partial charge in [0.15, 0.2) is 0 Å². The third-order valence-corrected chi connectivity index (χ3v) is 4.27. The number of nitrogens with zero attached hydrogens (tertiary/aromatic N) is 1. The highest BCUT2D eigenvalue weighted by Crippen LogP contribution is 2.16. The van der Waals surface area contributed by atoms with Crippen LogP contribution in [0.2, 0.25) is 0 Å². The lowest BCUT2D eigenvalue weighted by atomic mass is 10.1. The van der Waals surface area contributed by atoms with Crippen LogP contribution in [-0.4, -0.2) is 37.5 Å². The first kappa shape index (κ1) is 18.6. The number of hydrogen-bond acceptors (Lipinski definition) is 4. The van der Waals surface area contributed by atoms with Crippen molar-refractivity contribution in [3.8, 4) is 0 Å². The first-order valence-corrected chi connectivity index (χ1v) is 8.69. The summed E-state index contributed by atoms with van der Waals surface area (Å²) in [6, 6.07) is 21.2.